The van der Waals surface area contributed by atoms with Crippen molar-refractivity contribution in [3.63, 3.8) is 0 Å². The van der Waals surface area contributed by atoms with Crippen molar-refractivity contribution in [3.8, 4) is 0 Å². The van der Waals surface area contributed by atoms with Gasteiger partial charge < -0.3 is 0 Å². The summed E-state index contributed by atoms with van der Waals surface area (Å²) in [5.41, 5.74) is 2.70. The molecule has 2 aliphatic rings. The number of carbonyl (C=O) groups excluding carboxylic acids is 1. The van der Waals surface area contributed by atoms with E-state index in [1.807, 2.05) is 13.8 Å². The van der Waals surface area contributed by atoms with Gasteiger partial charge in [0, 0.05) is 6.04 Å². The molecule has 3 rings (SSSR count). The number of hydrogen-bond donors (Lipinski definition) is 0. The number of alkyl halides is 2. The maximum absolute atomic E-state index is 14.6. The van der Waals surface area contributed by atoms with Crippen LogP contribution < -0.4 is 0 Å². The number of halogens is 2. The van der Waals surface area contributed by atoms with Crippen LogP contribution in [0.1, 0.15) is 69.9 Å². The molecule has 29 heavy (non-hydrogen) atoms. The van der Waals surface area contributed by atoms with Gasteiger partial charge in [-0.05, 0) is 75.7 Å². The smallest absolute Gasteiger partial charge is 0.270 e. The normalized spacial score (nSPS) is 24.3. The summed E-state index contributed by atoms with van der Waals surface area (Å²) in [6, 6.07) is 8.96. The quantitative estimate of drug-likeness (QED) is 0.670. The minimum Gasteiger partial charge on any atom is -0.298 e. The van der Waals surface area contributed by atoms with E-state index >= 15 is 0 Å². The monoisotopic (exact) mass is 406 g/mol. The zero-order valence-corrected chi connectivity index (χ0v) is 18.3. The summed E-state index contributed by atoms with van der Waals surface area (Å²) in [6.07, 6.45) is 2.23. The first-order chi connectivity index (χ1) is 13.7. The van der Waals surface area contributed by atoms with E-state index in [-0.39, 0.29) is 31.3 Å². The fourth-order valence-corrected chi connectivity index (χ4v) is 4.71. The molecular weight excluding hydrogens is 370 g/mol. The van der Waals surface area contributed by atoms with Crippen LogP contribution in [0.25, 0.3) is 0 Å². The van der Waals surface area contributed by atoms with Crippen molar-refractivity contribution in [3.05, 3.63) is 35.4 Å². The van der Waals surface area contributed by atoms with Crippen LogP contribution in [0.3, 0.4) is 0 Å². The fraction of sp³-hybridized carbons (Fsp3) is 0.708. The zero-order chi connectivity index (χ0) is 21.2. The number of carbonyl (C=O) groups is 1. The number of ketones is 1. The van der Waals surface area contributed by atoms with E-state index in [1.165, 1.54) is 11.1 Å². The molecule has 0 bridgehead atoms. The molecule has 2 aliphatic heterocycles. The molecule has 2 heterocycles. The first kappa shape index (κ1) is 22.4. The average molecular weight is 407 g/mol. The van der Waals surface area contributed by atoms with Crippen molar-refractivity contribution in [2.75, 3.05) is 32.7 Å². The lowest BCUT2D eigenvalue weighted by Gasteiger charge is -2.40. The van der Waals surface area contributed by atoms with Crippen LogP contribution in [0, 0.1) is 5.92 Å². The molecule has 2 fully saturated rings. The predicted octanol–water partition coefficient (Wildman–Crippen LogP) is 4.92. The number of likely N-dealkylation sites (tertiary alicyclic amines) is 2. The molecule has 1 unspecified atom stereocenters. The molecule has 1 atom stereocenters. The summed E-state index contributed by atoms with van der Waals surface area (Å²) in [6.45, 7) is 10.3. The van der Waals surface area contributed by atoms with Crippen LogP contribution >= 0.6 is 0 Å². The van der Waals surface area contributed by atoms with Gasteiger partial charge in [0.1, 0.15) is 0 Å². The lowest BCUT2D eigenvalue weighted by Crippen LogP contribution is -2.54. The number of rotatable bonds is 6. The zero-order valence-electron chi connectivity index (χ0n) is 18.3. The molecule has 1 aromatic rings. The third-order valence-corrected chi connectivity index (χ3v) is 6.79. The van der Waals surface area contributed by atoms with Gasteiger partial charge >= 0.3 is 0 Å². The minimum absolute atomic E-state index is 0.0885. The number of benzene rings is 1. The van der Waals surface area contributed by atoms with Crippen LogP contribution in [-0.2, 0) is 4.79 Å². The Balaban J connectivity index is 1.51. The van der Waals surface area contributed by atoms with E-state index in [9.17, 15) is 13.6 Å². The second kappa shape index (κ2) is 9.22. The highest BCUT2D eigenvalue weighted by molar-refractivity contribution is 5.84. The fourth-order valence-electron chi connectivity index (χ4n) is 4.71. The van der Waals surface area contributed by atoms with E-state index in [0.29, 0.717) is 18.4 Å². The Morgan fingerprint density at radius 1 is 1.03 bits per heavy atom. The van der Waals surface area contributed by atoms with E-state index in [0.717, 1.165) is 25.9 Å². The van der Waals surface area contributed by atoms with Crippen molar-refractivity contribution in [2.45, 2.75) is 70.8 Å². The Bertz CT molecular complexity index is 679. The van der Waals surface area contributed by atoms with E-state index < -0.39 is 11.8 Å². The molecule has 3 nitrogen and oxygen atoms in total. The second-order valence-electron chi connectivity index (χ2n) is 9.50. The molecule has 1 aromatic carbocycles. The molecular formula is C24H36F2N2O. The van der Waals surface area contributed by atoms with E-state index in [4.69, 9.17) is 0 Å². The molecule has 2 saturated heterocycles. The Kier molecular flexibility index (Phi) is 7.10. The Labute approximate surface area is 174 Å². The van der Waals surface area contributed by atoms with Gasteiger partial charge in [0.15, 0.2) is 5.78 Å². The SMILES string of the molecule is CC(C)c1ccc(C2CCN(CC(=O)C3CCN(C(C)C)CC3(F)F)CC2)cc1. The average Bonchev–Trinajstić information content (AvgIpc) is 2.67. The van der Waals surface area contributed by atoms with Crippen LogP contribution in [-0.4, -0.2) is 60.3 Å². The third kappa shape index (κ3) is 5.43. The molecule has 0 aliphatic carbocycles. The Morgan fingerprint density at radius 3 is 2.17 bits per heavy atom. The second-order valence-corrected chi connectivity index (χ2v) is 9.50. The van der Waals surface area contributed by atoms with Crippen LogP contribution in [0.4, 0.5) is 8.78 Å². The van der Waals surface area contributed by atoms with Crippen molar-refractivity contribution >= 4 is 5.78 Å². The van der Waals surface area contributed by atoms with Gasteiger partial charge in [-0.15, -0.1) is 0 Å². The third-order valence-electron chi connectivity index (χ3n) is 6.79. The molecule has 0 aromatic heterocycles. The lowest BCUT2D eigenvalue weighted by molar-refractivity contribution is -0.152. The summed E-state index contributed by atoms with van der Waals surface area (Å²) >= 11 is 0. The first-order valence-corrected chi connectivity index (χ1v) is 11.1. The minimum atomic E-state index is -2.92. The van der Waals surface area contributed by atoms with Crippen molar-refractivity contribution in [1.82, 2.24) is 9.80 Å². The Morgan fingerprint density at radius 2 is 1.66 bits per heavy atom. The molecule has 5 heteroatoms. The Hall–Kier alpha value is -1.33. The highest BCUT2D eigenvalue weighted by Gasteiger charge is 2.48. The summed E-state index contributed by atoms with van der Waals surface area (Å²) in [5, 5.41) is 0. The van der Waals surface area contributed by atoms with Gasteiger partial charge in [-0.25, -0.2) is 8.78 Å². The van der Waals surface area contributed by atoms with Gasteiger partial charge in [-0.2, -0.15) is 0 Å². The summed E-state index contributed by atoms with van der Waals surface area (Å²) < 4.78 is 29.2. The number of hydrogen-bond acceptors (Lipinski definition) is 3. The molecule has 162 valence electrons. The molecule has 0 radical (unpaired) electrons. The maximum atomic E-state index is 14.6. The van der Waals surface area contributed by atoms with Crippen LogP contribution in [0.5, 0.6) is 0 Å². The largest absolute Gasteiger partial charge is 0.298 e. The molecule has 0 saturated carbocycles. The first-order valence-electron chi connectivity index (χ1n) is 11.1. The molecule has 0 spiro atoms. The van der Waals surface area contributed by atoms with Gasteiger partial charge in [-0.3, -0.25) is 14.6 Å². The van der Waals surface area contributed by atoms with Gasteiger partial charge in [0.25, 0.3) is 5.92 Å². The van der Waals surface area contributed by atoms with Gasteiger partial charge in [0.05, 0.1) is 19.0 Å². The highest BCUT2D eigenvalue weighted by atomic mass is 19.3. The van der Waals surface area contributed by atoms with E-state index in [2.05, 4.69) is 43.0 Å². The van der Waals surface area contributed by atoms with Crippen LogP contribution in [0.15, 0.2) is 24.3 Å². The topological polar surface area (TPSA) is 23.6 Å². The standard InChI is InChI=1S/C24H36F2N2O/c1-17(2)19-5-7-20(8-6-19)21-9-12-27(13-10-21)15-23(29)22-11-14-28(18(3)4)16-24(22,25)26/h5-8,17-18,21-22H,9-16H2,1-4H3. The van der Waals surface area contributed by atoms with Crippen molar-refractivity contribution < 1.29 is 13.6 Å². The predicted molar refractivity (Wildman–Crippen MR) is 114 cm³/mol. The maximum Gasteiger partial charge on any atom is 0.270 e. The molecule has 0 N–H and O–H groups in total. The molecule has 0 amide bonds. The van der Waals surface area contributed by atoms with E-state index in [1.54, 1.807) is 4.90 Å². The number of piperidine rings is 2. The van der Waals surface area contributed by atoms with Crippen LogP contribution in [0.2, 0.25) is 0 Å². The number of Topliss-reactive ketones (excluding diaryl/α,β-unsaturated/α-hetero) is 1. The van der Waals surface area contributed by atoms with Gasteiger partial charge in [-0.1, -0.05) is 38.1 Å². The highest BCUT2D eigenvalue weighted by Crippen LogP contribution is 2.35. The van der Waals surface area contributed by atoms with Crippen molar-refractivity contribution in [1.29, 1.82) is 0 Å². The summed E-state index contributed by atoms with van der Waals surface area (Å²) in [5.74, 6) is -3.30. The lowest BCUT2D eigenvalue weighted by atomic mass is 9.86. The summed E-state index contributed by atoms with van der Waals surface area (Å²) in [4.78, 5) is 16.5. The number of nitrogens with zero attached hydrogens (tertiary/aromatic N) is 2. The summed E-state index contributed by atoms with van der Waals surface area (Å²) in [7, 11) is 0. The van der Waals surface area contributed by atoms with Gasteiger partial charge in [0.2, 0.25) is 0 Å². The van der Waals surface area contributed by atoms with Crippen molar-refractivity contribution in [2.24, 2.45) is 5.92 Å².